The summed E-state index contributed by atoms with van der Waals surface area (Å²) in [6.45, 7) is 3.52. The van der Waals surface area contributed by atoms with E-state index in [1.807, 2.05) is 6.07 Å². The average Bonchev–Trinajstić information content (AvgIpc) is 2.42. The molecule has 3 heteroatoms. The number of benzene rings is 1. The average molecular weight is 194 g/mol. The summed E-state index contributed by atoms with van der Waals surface area (Å²) < 4.78 is 10.7. The lowest BCUT2D eigenvalue weighted by Crippen LogP contribution is -2.83. The van der Waals surface area contributed by atoms with Gasteiger partial charge in [0.15, 0.2) is 0 Å². The van der Waals surface area contributed by atoms with Gasteiger partial charge in [-0.15, -0.1) is 0 Å². The summed E-state index contributed by atoms with van der Waals surface area (Å²) in [6, 6.07) is 6.27. The molecule has 0 unspecified atom stereocenters. The van der Waals surface area contributed by atoms with Crippen LogP contribution in [-0.2, 0) is 17.9 Å². The minimum Gasteiger partial charge on any atom is -0.487 e. The third-order valence-corrected chi connectivity index (χ3v) is 2.38. The molecule has 3 nitrogen and oxygen atoms in total. The summed E-state index contributed by atoms with van der Waals surface area (Å²) in [4.78, 5) is 0. The SMILES string of the molecule is COCc1ccc2c(c1)C[NH2+]CCO2. The first kappa shape index (κ1) is 9.49. The number of fused-ring (bicyclic) bond motifs is 1. The summed E-state index contributed by atoms with van der Waals surface area (Å²) in [5.74, 6) is 1.03. The fourth-order valence-electron chi connectivity index (χ4n) is 1.70. The largest absolute Gasteiger partial charge is 0.487 e. The maximum atomic E-state index is 5.61. The van der Waals surface area contributed by atoms with Crippen LogP contribution in [0.4, 0.5) is 0 Å². The van der Waals surface area contributed by atoms with Crippen molar-refractivity contribution in [3.8, 4) is 5.75 Å². The van der Waals surface area contributed by atoms with Crippen molar-refractivity contribution in [2.75, 3.05) is 20.3 Å². The summed E-state index contributed by atoms with van der Waals surface area (Å²) >= 11 is 0. The molecule has 2 N–H and O–H groups in total. The van der Waals surface area contributed by atoms with Gasteiger partial charge in [0.05, 0.1) is 6.61 Å². The smallest absolute Gasteiger partial charge is 0.137 e. The molecule has 0 fully saturated rings. The predicted molar refractivity (Wildman–Crippen MR) is 53.1 cm³/mol. The predicted octanol–water partition coefficient (Wildman–Crippen LogP) is 0.289. The molecular weight excluding hydrogens is 178 g/mol. The van der Waals surface area contributed by atoms with Crippen LogP contribution in [0.1, 0.15) is 11.1 Å². The van der Waals surface area contributed by atoms with Crippen LogP contribution in [0.5, 0.6) is 5.75 Å². The Hall–Kier alpha value is -1.06. The second-order valence-electron chi connectivity index (χ2n) is 3.51. The number of nitrogens with two attached hydrogens (primary N) is 1. The molecule has 1 aromatic rings. The normalized spacial score (nSPS) is 15.5. The number of hydrogen-bond donors (Lipinski definition) is 1. The lowest BCUT2D eigenvalue weighted by Gasteiger charge is -2.06. The molecule has 0 aromatic heterocycles. The van der Waals surface area contributed by atoms with Crippen molar-refractivity contribution in [1.82, 2.24) is 0 Å². The van der Waals surface area contributed by atoms with Gasteiger partial charge in [-0.25, -0.2) is 0 Å². The van der Waals surface area contributed by atoms with E-state index in [0.717, 1.165) is 25.4 Å². The van der Waals surface area contributed by atoms with Gasteiger partial charge in [0.25, 0.3) is 0 Å². The van der Waals surface area contributed by atoms with Gasteiger partial charge in [0, 0.05) is 12.7 Å². The van der Waals surface area contributed by atoms with E-state index in [-0.39, 0.29) is 0 Å². The molecule has 14 heavy (non-hydrogen) atoms. The zero-order chi connectivity index (χ0) is 9.80. The van der Waals surface area contributed by atoms with Gasteiger partial charge in [-0.3, -0.25) is 0 Å². The van der Waals surface area contributed by atoms with E-state index in [4.69, 9.17) is 9.47 Å². The molecule has 0 saturated heterocycles. The van der Waals surface area contributed by atoms with Gasteiger partial charge in [-0.05, 0) is 17.7 Å². The first-order valence-electron chi connectivity index (χ1n) is 4.95. The van der Waals surface area contributed by atoms with Crippen LogP contribution in [0.15, 0.2) is 18.2 Å². The van der Waals surface area contributed by atoms with Crippen LogP contribution in [0, 0.1) is 0 Å². The summed E-state index contributed by atoms with van der Waals surface area (Å²) in [7, 11) is 1.72. The molecule has 1 aliphatic rings. The Morgan fingerprint density at radius 1 is 1.50 bits per heavy atom. The van der Waals surface area contributed by atoms with E-state index < -0.39 is 0 Å². The van der Waals surface area contributed by atoms with Crippen LogP contribution < -0.4 is 10.1 Å². The van der Waals surface area contributed by atoms with E-state index in [1.165, 1.54) is 11.1 Å². The Balaban J connectivity index is 2.23. The van der Waals surface area contributed by atoms with Gasteiger partial charge in [-0.1, -0.05) is 6.07 Å². The number of hydrogen-bond acceptors (Lipinski definition) is 2. The molecule has 0 saturated carbocycles. The molecular formula is C11H16NO2+. The first-order chi connectivity index (χ1) is 6.90. The van der Waals surface area contributed by atoms with Crippen molar-refractivity contribution in [3.05, 3.63) is 29.3 Å². The minimum atomic E-state index is 0.674. The third-order valence-electron chi connectivity index (χ3n) is 2.38. The number of rotatable bonds is 2. The zero-order valence-electron chi connectivity index (χ0n) is 8.45. The van der Waals surface area contributed by atoms with Crippen LogP contribution in [-0.4, -0.2) is 20.3 Å². The summed E-state index contributed by atoms with van der Waals surface area (Å²) in [6.07, 6.45) is 0. The maximum absolute atomic E-state index is 5.61. The molecule has 0 atom stereocenters. The first-order valence-corrected chi connectivity index (χ1v) is 4.95. The van der Waals surface area contributed by atoms with Crippen molar-refractivity contribution < 1.29 is 14.8 Å². The second-order valence-corrected chi connectivity index (χ2v) is 3.51. The Morgan fingerprint density at radius 2 is 2.43 bits per heavy atom. The molecule has 1 heterocycles. The molecule has 1 aliphatic heterocycles. The number of methoxy groups -OCH3 is 1. The van der Waals surface area contributed by atoms with Gasteiger partial charge >= 0.3 is 0 Å². The Bertz CT molecular complexity index is 312. The van der Waals surface area contributed by atoms with Crippen molar-refractivity contribution in [2.24, 2.45) is 0 Å². The monoisotopic (exact) mass is 194 g/mol. The highest BCUT2D eigenvalue weighted by atomic mass is 16.5. The summed E-state index contributed by atoms with van der Waals surface area (Å²) in [5.41, 5.74) is 2.49. The Labute approximate surface area is 84.0 Å². The fourth-order valence-corrected chi connectivity index (χ4v) is 1.70. The van der Waals surface area contributed by atoms with E-state index in [0.29, 0.717) is 6.61 Å². The highest BCUT2D eigenvalue weighted by Crippen LogP contribution is 2.20. The van der Waals surface area contributed by atoms with Crippen LogP contribution in [0.3, 0.4) is 0 Å². The maximum Gasteiger partial charge on any atom is 0.137 e. The molecule has 76 valence electrons. The molecule has 0 aliphatic carbocycles. The topological polar surface area (TPSA) is 35.1 Å². The quantitative estimate of drug-likeness (QED) is 0.734. The van der Waals surface area contributed by atoms with Gasteiger partial charge < -0.3 is 14.8 Å². The lowest BCUT2D eigenvalue weighted by molar-refractivity contribution is -0.669. The number of ether oxygens (including phenoxy) is 2. The minimum absolute atomic E-state index is 0.674. The highest BCUT2D eigenvalue weighted by molar-refractivity contribution is 5.36. The standard InChI is InChI=1S/C11H15NO2/c1-13-8-9-2-3-11-10(6-9)7-12-4-5-14-11/h2-3,6,12H,4-5,7-8H2,1H3/p+1. The molecule has 1 aromatic carbocycles. The zero-order valence-corrected chi connectivity index (χ0v) is 8.45. The molecule has 0 spiro atoms. The van der Waals surface area contributed by atoms with E-state index in [9.17, 15) is 0 Å². The highest BCUT2D eigenvalue weighted by Gasteiger charge is 2.10. The summed E-state index contributed by atoms with van der Waals surface area (Å²) in [5, 5.41) is 2.27. The van der Waals surface area contributed by atoms with Crippen molar-refractivity contribution in [2.45, 2.75) is 13.2 Å². The van der Waals surface area contributed by atoms with Crippen molar-refractivity contribution >= 4 is 0 Å². The third kappa shape index (κ3) is 2.05. The van der Waals surface area contributed by atoms with Gasteiger partial charge in [-0.2, -0.15) is 0 Å². The van der Waals surface area contributed by atoms with Crippen molar-refractivity contribution in [1.29, 1.82) is 0 Å². The van der Waals surface area contributed by atoms with E-state index in [1.54, 1.807) is 7.11 Å². The molecule has 0 bridgehead atoms. The van der Waals surface area contributed by atoms with Crippen LogP contribution in [0.2, 0.25) is 0 Å². The van der Waals surface area contributed by atoms with Gasteiger partial charge in [0.2, 0.25) is 0 Å². The van der Waals surface area contributed by atoms with E-state index >= 15 is 0 Å². The fraction of sp³-hybridized carbons (Fsp3) is 0.455. The molecule has 2 rings (SSSR count). The Kier molecular flexibility index (Phi) is 3.01. The lowest BCUT2D eigenvalue weighted by atomic mass is 10.1. The second kappa shape index (κ2) is 4.44. The van der Waals surface area contributed by atoms with Gasteiger partial charge in [0.1, 0.15) is 25.4 Å². The van der Waals surface area contributed by atoms with Crippen LogP contribution in [0.25, 0.3) is 0 Å². The molecule has 0 amide bonds. The number of quaternary nitrogens is 1. The van der Waals surface area contributed by atoms with E-state index in [2.05, 4.69) is 17.4 Å². The van der Waals surface area contributed by atoms with Crippen LogP contribution >= 0.6 is 0 Å². The molecule has 0 radical (unpaired) electrons. The Morgan fingerprint density at radius 3 is 3.29 bits per heavy atom. The van der Waals surface area contributed by atoms with Crippen molar-refractivity contribution in [3.63, 3.8) is 0 Å².